The van der Waals surface area contributed by atoms with Crippen molar-refractivity contribution in [2.45, 2.75) is 213 Å². The Hall–Kier alpha value is -1.09. The third kappa shape index (κ3) is 30.0. The van der Waals surface area contributed by atoms with Crippen LogP contribution < -0.4 is 0 Å². The normalized spacial score (nSPS) is 12.7. The maximum Gasteiger partial charge on any atom is 0.239 e. The molecule has 0 aliphatic carbocycles. The molecule has 0 N–H and O–H groups in total. The zero-order valence-corrected chi connectivity index (χ0v) is 31.6. The Morgan fingerprint density at radius 1 is 0.444 bits per heavy atom. The fourth-order valence-corrected chi connectivity index (χ4v) is 6.40. The van der Waals surface area contributed by atoms with Crippen LogP contribution in [0, 0.1) is 0 Å². The van der Waals surface area contributed by atoms with Crippen molar-refractivity contribution < 1.29 is 4.79 Å². The number of carbonyl (C=O) groups excluding carboxylic acids is 1. The molecule has 3 heteroatoms. The van der Waals surface area contributed by atoms with Crippen LogP contribution in [0.15, 0.2) is 24.3 Å². The topological polar surface area (TPSA) is 23.6 Å². The van der Waals surface area contributed by atoms with Gasteiger partial charge in [0, 0.05) is 13.1 Å². The van der Waals surface area contributed by atoms with Gasteiger partial charge in [0.2, 0.25) is 5.91 Å². The van der Waals surface area contributed by atoms with Crippen LogP contribution in [0.25, 0.3) is 0 Å². The van der Waals surface area contributed by atoms with Gasteiger partial charge in [0.05, 0.1) is 6.04 Å². The van der Waals surface area contributed by atoms with E-state index in [1.54, 1.807) is 0 Å². The van der Waals surface area contributed by atoms with Crippen LogP contribution in [0.5, 0.6) is 0 Å². The summed E-state index contributed by atoms with van der Waals surface area (Å²) in [6.07, 6.45) is 47.7. The number of hydrogen-bond acceptors (Lipinski definition) is 2. The van der Waals surface area contributed by atoms with Crippen molar-refractivity contribution in [3.05, 3.63) is 24.3 Å². The van der Waals surface area contributed by atoms with Gasteiger partial charge in [0.1, 0.15) is 0 Å². The summed E-state index contributed by atoms with van der Waals surface area (Å²) >= 11 is 0. The van der Waals surface area contributed by atoms with Gasteiger partial charge in [-0.2, -0.15) is 0 Å². The van der Waals surface area contributed by atoms with E-state index in [4.69, 9.17) is 0 Å². The third-order valence-electron chi connectivity index (χ3n) is 9.49. The summed E-state index contributed by atoms with van der Waals surface area (Å²) in [6.45, 7) is 8.60. The summed E-state index contributed by atoms with van der Waals surface area (Å²) in [7, 11) is 4.11. The van der Waals surface area contributed by atoms with Crippen LogP contribution in [0.2, 0.25) is 0 Å². The second-order valence-electron chi connectivity index (χ2n) is 14.1. The van der Waals surface area contributed by atoms with E-state index in [2.05, 4.69) is 69.0 Å². The van der Waals surface area contributed by atoms with E-state index < -0.39 is 0 Å². The summed E-state index contributed by atoms with van der Waals surface area (Å²) < 4.78 is 0. The zero-order valence-electron chi connectivity index (χ0n) is 31.6. The average molecular weight is 631 g/mol. The molecule has 0 bridgehead atoms. The second-order valence-corrected chi connectivity index (χ2v) is 14.1. The minimum atomic E-state index is 0.0215. The molecule has 0 aliphatic heterocycles. The zero-order chi connectivity index (χ0) is 33.1. The van der Waals surface area contributed by atoms with E-state index in [1.807, 2.05) is 0 Å². The molecule has 0 spiro atoms. The first-order valence-electron chi connectivity index (χ1n) is 20.3. The van der Waals surface area contributed by atoms with Crippen molar-refractivity contribution in [1.82, 2.24) is 9.80 Å². The molecular weight excluding hydrogens is 548 g/mol. The molecule has 0 rings (SSSR count). The van der Waals surface area contributed by atoms with Crippen molar-refractivity contribution in [2.75, 3.05) is 27.2 Å². The van der Waals surface area contributed by atoms with Gasteiger partial charge in [0.15, 0.2) is 0 Å². The van der Waals surface area contributed by atoms with Crippen molar-refractivity contribution in [3.63, 3.8) is 0 Å². The van der Waals surface area contributed by atoms with Crippen LogP contribution in [-0.2, 0) is 4.79 Å². The molecule has 0 fully saturated rings. The molecule has 0 radical (unpaired) electrons. The standard InChI is InChI=1S/C42H82N2O/c1-6-9-11-13-15-17-19-21-23-25-27-29-31-33-35-37-39-44(42(45)41(8-3)43(4)5)40-38-36-34-32-30-28-26-24-22-20-18-16-14-12-10-7-2/h21-24,41H,6-20,25-40H2,1-5H3/b23-21-,24-22-. The number of likely N-dealkylation sites (N-methyl/N-ethyl adjacent to an activating group) is 1. The van der Waals surface area contributed by atoms with Gasteiger partial charge >= 0.3 is 0 Å². The lowest BCUT2D eigenvalue weighted by atomic mass is 10.1. The van der Waals surface area contributed by atoms with Crippen LogP contribution in [0.1, 0.15) is 207 Å². The minimum Gasteiger partial charge on any atom is -0.341 e. The van der Waals surface area contributed by atoms with Gasteiger partial charge in [-0.3, -0.25) is 9.69 Å². The highest BCUT2D eigenvalue weighted by Gasteiger charge is 2.24. The Morgan fingerprint density at radius 2 is 0.733 bits per heavy atom. The highest BCUT2D eigenvalue weighted by Crippen LogP contribution is 2.14. The van der Waals surface area contributed by atoms with E-state index in [0.717, 1.165) is 32.4 Å². The summed E-state index contributed by atoms with van der Waals surface area (Å²) in [5.41, 5.74) is 0. The molecule has 3 nitrogen and oxygen atoms in total. The molecule has 45 heavy (non-hydrogen) atoms. The average Bonchev–Trinajstić information content (AvgIpc) is 3.03. The van der Waals surface area contributed by atoms with Gasteiger partial charge in [-0.15, -0.1) is 0 Å². The van der Waals surface area contributed by atoms with Crippen LogP contribution >= 0.6 is 0 Å². The first-order valence-corrected chi connectivity index (χ1v) is 20.3. The number of carbonyl (C=O) groups is 1. The fraction of sp³-hybridized carbons (Fsp3) is 0.881. The van der Waals surface area contributed by atoms with Crippen molar-refractivity contribution in [2.24, 2.45) is 0 Å². The molecule has 1 amide bonds. The molecule has 0 aliphatic rings. The Balaban J connectivity index is 3.99. The molecule has 0 aromatic carbocycles. The van der Waals surface area contributed by atoms with E-state index in [0.29, 0.717) is 5.91 Å². The summed E-state index contributed by atoms with van der Waals surface area (Å²) in [6, 6.07) is 0.0215. The second kappa shape index (κ2) is 35.8. The summed E-state index contributed by atoms with van der Waals surface area (Å²) in [5, 5.41) is 0. The highest BCUT2D eigenvalue weighted by molar-refractivity contribution is 5.81. The smallest absolute Gasteiger partial charge is 0.239 e. The van der Waals surface area contributed by atoms with E-state index in [1.165, 1.54) is 167 Å². The van der Waals surface area contributed by atoms with E-state index in [-0.39, 0.29) is 6.04 Å². The number of rotatable bonds is 35. The van der Waals surface area contributed by atoms with Gasteiger partial charge in [-0.25, -0.2) is 0 Å². The lowest BCUT2D eigenvalue weighted by Gasteiger charge is -2.30. The Kier molecular flexibility index (Phi) is 34.9. The van der Waals surface area contributed by atoms with Crippen LogP contribution in [-0.4, -0.2) is 48.9 Å². The monoisotopic (exact) mass is 631 g/mol. The van der Waals surface area contributed by atoms with E-state index >= 15 is 0 Å². The lowest BCUT2D eigenvalue weighted by molar-refractivity contribution is -0.136. The van der Waals surface area contributed by atoms with Crippen LogP contribution in [0.4, 0.5) is 0 Å². The Labute approximate surface area is 284 Å². The molecule has 0 aromatic rings. The third-order valence-corrected chi connectivity index (χ3v) is 9.49. The predicted molar refractivity (Wildman–Crippen MR) is 203 cm³/mol. The van der Waals surface area contributed by atoms with Crippen LogP contribution in [0.3, 0.4) is 0 Å². The minimum absolute atomic E-state index is 0.0215. The maximum atomic E-state index is 13.4. The largest absolute Gasteiger partial charge is 0.341 e. The predicted octanol–water partition coefficient (Wildman–Crippen LogP) is 13.2. The number of allylic oxidation sites excluding steroid dienone is 4. The lowest BCUT2D eigenvalue weighted by Crippen LogP contribution is -2.46. The molecule has 266 valence electrons. The summed E-state index contributed by atoms with van der Waals surface area (Å²) in [5.74, 6) is 0.350. The van der Waals surface area contributed by atoms with Gasteiger partial charge in [-0.05, 0) is 84.7 Å². The Bertz CT molecular complexity index is 613. The molecule has 0 saturated carbocycles. The highest BCUT2D eigenvalue weighted by atomic mass is 16.2. The van der Waals surface area contributed by atoms with Crippen molar-refractivity contribution >= 4 is 5.91 Å². The molecule has 0 aromatic heterocycles. The first-order chi connectivity index (χ1) is 22.1. The number of amides is 1. The molecule has 0 heterocycles. The van der Waals surface area contributed by atoms with Gasteiger partial charge in [-0.1, -0.05) is 161 Å². The maximum absolute atomic E-state index is 13.4. The van der Waals surface area contributed by atoms with Gasteiger partial charge < -0.3 is 4.90 Å². The molecular formula is C42H82N2O. The van der Waals surface area contributed by atoms with Gasteiger partial charge in [0.25, 0.3) is 0 Å². The molecule has 1 atom stereocenters. The SMILES string of the molecule is CCCCCCCC/C=C\CCCCCCCCN(CCCCCCCC/C=C\CCCCCCCC)C(=O)C(CC)N(C)C. The number of nitrogens with zero attached hydrogens (tertiary/aromatic N) is 2. The molecule has 1 unspecified atom stereocenters. The fourth-order valence-electron chi connectivity index (χ4n) is 6.40. The van der Waals surface area contributed by atoms with E-state index in [9.17, 15) is 4.79 Å². The summed E-state index contributed by atoms with van der Waals surface area (Å²) in [4.78, 5) is 17.7. The number of unbranched alkanes of at least 4 members (excludes halogenated alkanes) is 24. The quantitative estimate of drug-likeness (QED) is 0.0514. The first kappa shape index (κ1) is 43.9. The van der Waals surface area contributed by atoms with Crippen molar-refractivity contribution in [3.8, 4) is 0 Å². The molecule has 0 saturated heterocycles. The van der Waals surface area contributed by atoms with Crippen molar-refractivity contribution in [1.29, 1.82) is 0 Å². The Morgan fingerprint density at radius 3 is 1.02 bits per heavy atom. The number of hydrogen-bond donors (Lipinski definition) is 0.